The van der Waals surface area contributed by atoms with Gasteiger partial charge in [-0.25, -0.2) is 4.79 Å². The van der Waals surface area contributed by atoms with E-state index < -0.39 is 18.1 Å². The van der Waals surface area contributed by atoms with Gasteiger partial charge in [-0.3, -0.25) is 9.59 Å². The summed E-state index contributed by atoms with van der Waals surface area (Å²) >= 11 is 3.32. The third-order valence-electron chi connectivity index (χ3n) is 3.08. The van der Waals surface area contributed by atoms with Crippen molar-refractivity contribution in [1.29, 1.82) is 0 Å². The fourth-order valence-corrected chi connectivity index (χ4v) is 2.19. The summed E-state index contributed by atoms with van der Waals surface area (Å²) in [5.74, 6) is -1.79. The number of hydrogen-bond acceptors (Lipinski definition) is 4. The Labute approximate surface area is 142 Å². The van der Waals surface area contributed by atoms with Crippen molar-refractivity contribution in [3.63, 3.8) is 0 Å². The Morgan fingerprint density at radius 2 is 1.87 bits per heavy atom. The standard InChI is InChI=1S/C15H19BrN2O5/c1-9(19)18-12(10-3-5-11(16)6-4-10)7-14(20)17-8-13(23-2)15(21)22/h3-6,12-13H,7-8H2,1-2H3,(H,17,20)(H,18,19)(H,21,22). The molecule has 2 atom stereocenters. The van der Waals surface area contributed by atoms with Crippen molar-refractivity contribution in [2.45, 2.75) is 25.5 Å². The molecule has 0 bridgehead atoms. The van der Waals surface area contributed by atoms with Gasteiger partial charge in [-0.2, -0.15) is 0 Å². The molecule has 0 fully saturated rings. The number of halogens is 1. The molecule has 0 aromatic heterocycles. The van der Waals surface area contributed by atoms with Crippen LogP contribution in [0.15, 0.2) is 28.7 Å². The Balaban J connectivity index is 2.69. The first kappa shape index (κ1) is 19.1. The predicted molar refractivity (Wildman–Crippen MR) is 86.8 cm³/mol. The third-order valence-corrected chi connectivity index (χ3v) is 3.61. The average molecular weight is 387 g/mol. The van der Waals surface area contributed by atoms with Crippen molar-refractivity contribution in [3.05, 3.63) is 34.3 Å². The van der Waals surface area contributed by atoms with Crippen LogP contribution in [0.4, 0.5) is 0 Å². The SMILES string of the molecule is COC(CNC(=O)CC(NC(C)=O)c1ccc(Br)cc1)C(=O)O. The summed E-state index contributed by atoms with van der Waals surface area (Å²) in [6.07, 6.45) is -1.11. The molecule has 2 unspecified atom stereocenters. The number of ether oxygens (including phenoxy) is 1. The Morgan fingerprint density at radius 1 is 1.26 bits per heavy atom. The summed E-state index contributed by atoms with van der Waals surface area (Å²) in [7, 11) is 1.26. The van der Waals surface area contributed by atoms with Crippen molar-refractivity contribution in [2.24, 2.45) is 0 Å². The van der Waals surface area contributed by atoms with Gasteiger partial charge in [-0.05, 0) is 17.7 Å². The van der Waals surface area contributed by atoms with E-state index in [-0.39, 0.29) is 24.8 Å². The van der Waals surface area contributed by atoms with Gasteiger partial charge in [0.1, 0.15) is 0 Å². The summed E-state index contributed by atoms with van der Waals surface area (Å²) in [5, 5.41) is 14.1. The zero-order chi connectivity index (χ0) is 17.4. The van der Waals surface area contributed by atoms with Gasteiger partial charge in [-0.1, -0.05) is 28.1 Å². The van der Waals surface area contributed by atoms with E-state index >= 15 is 0 Å². The van der Waals surface area contributed by atoms with E-state index in [9.17, 15) is 14.4 Å². The van der Waals surface area contributed by atoms with Crippen molar-refractivity contribution in [2.75, 3.05) is 13.7 Å². The molecule has 0 aliphatic rings. The smallest absolute Gasteiger partial charge is 0.334 e. The van der Waals surface area contributed by atoms with Crippen molar-refractivity contribution < 1.29 is 24.2 Å². The lowest BCUT2D eigenvalue weighted by atomic mass is 10.0. The maximum Gasteiger partial charge on any atom is 0.334 e. The normalized spacial score (nSPS) is 13.0. The van der Waals surface area contributed by atoms with E-state index in [1.165, 1.54) is 14.0 Å². The number of carbonyl (C=O) groups is 3. The molecule has 0 aliphatic heterocycles. The molecule has 1 aromatic carbocycles. The Kier molecular flexibility index (Phi) is 7.70. The van der Waals surface area contributed by atoms with Crippen LogP contribution in [0.5, 0.6) is 0 Å². The van der Waals surface area contributed by atoms with Crippen LogP contribution in [-0.2, 0) is 19.1 Å². The maximum absolute atomic E-state index is 12.0. The molecule has 23 heavy (non-hydrogen) atoms. The zero-order valence-electron chi connectivity index (χ0n) is 12.8. The summed E-state index contributed by atoms with van der Waals surface area (Å²) in [6.45, 7) is 1.23. The Morgan fingerprint density at radius 3 is 2.35 bits per heavy atom. The fourth-order valence-electron chi connectivity index (χ4n) is 1.93. The molecular formula is C15H19BrN2O5. The Bertz CT molecular complexity index is 561. The van der Waals surface area contributed by atoms with Crippen LogP contribution in [0.25, 0.3) is 0 Å². The van der Waals surface area contributed by atoms with Gasteiger partial charge >= 0.3 is 5.97 Å². The number of amides is 2. The van der Waals surface area contributed by atoms with Crippen LogP contribution in [-0.4, -0.2) is 42.6 Å². The van der Waals surface area contributed by atoms with E-state index in [0.717, 1.165) is 10.0 Å². The molecule has 1 rings (SSSR count). The van der Waals surface area contributed by atoms with Crippen LogP contribution in [0, 0.1) is 0 Å². The summed E-state index contributed by atoms with van der Waals surface area (Å²) < 4.78 is 5.63. The van der Waals surface area contributed by atoms with E-state index in [1.807, 2.05) is 12.1 Å². The lowest BCUT2D eigenvalue weighted by Gasteiger charge is -2.19. The topological polar surface area (TPSA) is 105 Å². The molecule has 8 heteroatoms. The first-order valence-corrected chi connectivity index (χ1v) is 7.67. The number of hydrogen-bond donors (Lipinski definition) is 3. The van der Waals surface area contributed by atoms with Crippen LogP contribution in [0.2, 0.25) is 0 Å². The first-order valence-electron chi connectivity index (χ1n) is 6.88. The minimum absolute atomic E-state index is 0.00271. The lowest BCUT2D eigenvalue weighted by Crippen LogP contribution is -2.39. The second-order valence-corrected chi connectivity index (χ2v) is 5.79. The van der Waals surface area contributed by atoms with E-state index in [1.54, 1.807) is 12.1 Å². The molecule has 0 heterocycles. The van der Waals surface area contributed by atoms with Gasteiger partial charge in [0.2, 0.25) is 11.8 Å². The van der Waals surface area contributed by atoms with E-state index in [0.29, 0.717) is 0 Å². The average Bonchev–Trinajstić information content (AvgIpc) is 2.47. The molecule has 1 aromatic rings. The number of rotatable bonds is 8. The largest absolute Gasteiger partial charge is 0.479 e. The van der Waals surface area contributed by atoms with Gasteiger partial charge in [0, 0.05) is 18.5 Å². The molecule has 0 saturated carbocycles. The van der Waals surface area contributed by atoms with Crippen LogP contribution < -0.4 is 10.6 Å². The number of carbonyl (C=O) groups excluding carboxylic acids is 2. The molecule has 2 amide bonds. The number of nitrogens with one attached hydrogen (secondary N) is 2. The van der Waals surface area contributed by atoms with Gasteiger partial charge in [-0.15, -0.1) is 0 Å². The van der Waals surface area contributed by atoms with E-state index in [2.05, 4.69) is 26.6 Å². The number of benzene rings is 1. The minimum atomic E-state index is -1.15. The van der Waals surface area contributed by atoms with Crippen LogP contribution in [0.1, 0.15) is 24.9 Å². The zero-order valence-corrected chi connectivity index (χ0v) is 14.4. The number of carboxylic acid groups (broad SMARTS) is 1. The van der Waals surface area contributed by atoms with Crippen LogP contribution in [0.3, 0.4) is 0 Å². The number of carboxylic acids is 1. The van der Waals surface area contributed by atoms with Crippen molar-refractivity contribution in [3.8, 4) is 0 Å². The summed E-state index contributed by atoms with van der Waals surface area (Å²) in [4.78, 5) is 34.2. The highest BCUT2D eigenvalue weighted by molar-refractivity contribution is 9.10. The lowest BCUT2D eigenvalue weighted by molar-refractivity contribution is -0.148. The fraction of sp³-hybridized carbons (Fsp3) is 0.400. The number of aliphatic carboxylic acids is 1. The quantitative estimate of drug-likeness (QED) is 0.623. The van der Waals surface area contributed by atoms with E-state index in [4.69, 9.17) is 9.84 Å². The van der Waals surface area contributed by atoms with Gasteiger partial charge in [0.15, 0.2) is 6.10 Å². The van der Waals surface area contributed by atoms with Gasteiger partial charge in [0.25, 0.3) is 0 Å². The molecule has 0 saturated heterocycles. The summed E-state index contributed by atoms with van der Waals surface area (Å²) in [5.41, 5.74) is 0.778. The second-order valence-electron chi connectivity index (χ2n) is 4.88. The van der Waals surface area contributed by atoms with Gasteiger partial charge < -0.3 is 20.5 Å². The highest BCUT2D eigenvalue weighted by atomic mass is 79.9. The molecule has 0 aliphatic carbocycles. The molecular weight excluding hydrogens is 368 g/mol. The minimum Gasteiger partial charge on any atom is -0.479 e. The molecule has 126 valence electrons. The monoisotopic (exact) mass is 386 g/mol. The predicted octanol–water partition coefficient (Wildman–Crippen LogP) is 1.23. The third kappa shape index (κ3) is 6.79. The highest BCUT2D eigenvalue weighted by Crippen LogP contribution is 2.19. The van der Waals surface area contributed by atoms with Gasteiger partial charge in [0.05, 0.1) is 19.0 Å². The number of methoxy groups -OCH3 is 1. The first-order chi connectivity index (χ1) is 10.8. The van der Waals surface area contributed by atoms with Crippen molar-refractivity contribution >= 4 is 33.7 Å². The maximum atomic E-state index is 12.0. The van der Waals surface area contributed by atoms with Crippen molar-refractivity contribution in [1.82, 2.24) is 10.6 Å². The highest BCUT2D eigenvalue weighted by Gasteiger charge is 2.20. The van der Waals surface area contributed by atoms with Crippen LogP contribution >= 0.6 is 15.9 Å². The summed E-state index contributed by atoms with van der Waals surface area (Å²) in [6, 6.07) is 6.73. The molecule has 7 nitrogen and oxygen atoms in total. The Hall–Kier alpha value is -1.93. The molecule has 3 N–H and O–H groups in total. The molecule has 0 spiro atoms. The second kappa shape index (κ2) is 9.26. The molecule has 0 radical (unpaired) electrons.